The fourth-order valence-electron chi connectivity index (χ4n) is 3.38. The van der Waals surface area contributed by atoms with Crippen molar-refractivity contribution >= 4 is 23.9 Å². The van der Waals surface area contributed by atoms with Gasteiger partial charge in [-0.2, -0.15) is 5.48 Å². The van der Waals surface area contributed by atoms with E-state index in [2.05, 4.69) is 10.8 Å². The van der Waals surface area contributed by atoms with E-state index in [0.29, 0.717) is 0 Å². The zero-order valence-corrected chi connectivity index (χ0v) is 17.1. The third-order valence-corrected chi connectivity index (χ3v) is 5.00. The first-order valence-electron chi connectivity index (χ1n) is 9.68. The molecule has 11 nitrogen and oxygen atoms in total. The summed E-state index contributed by atoms with van der Waals surface area (Å²) in [6.07, 6.45) is 0.922. The highest BCUT2D eigenvalue weighted by Crippen LogP contribution is 2.30. The van der Waals surface area contributed by atoms with Crippen LogP contribution in [0.2, 0.25) is 0 Å². The zero-order chi connectivity index (χ0) is 22.5. The molecule has 1 saturated heterocycles. The maximum Gasteiger partial charge on any atom is 0.415 e. The van der Waals surface area contributed by atoms with Gasteiger partial charge in [-0.1, -0.05) is 30.3 Å². The molecule has 3 atom stereocenters. The van der Waals surface area contributed by atoms with Gasteiger partial charge in [0.2, 0.25) is 5.91 Å². The second-order valence-electron chi connectivity index (χ2n) is 7.10. The summed E-state index contributed by atoms with van der Waals surface area (Å²) < 4.78 is 4.78. The molecule has 166 valence electrons. The van der Waals surface area contributed by atoms with Gasteiger partial charge in [0, 0.05) is 6.54 Å². The smallest absolute Gasteiger partial charge is 0.415 e. The standard InChI is InChI=1S/C20H24N4O7/c1-12(19(27)28)21-17(25)15-8-9-23(20(29)30-2)16-10-14(18(26)24(15)16)22-31-11-13-6-4-3-5-7-13/h3-7,10,12,14-15,22H,8-9,11H2,1-2H3,(H,21,25)(H,27,28). The molecular formula is C20H24N4O7. The molecule has 2 aliphatic rings. The van der Waals surface area contributed by atoms with Crippen LogP contribution in [0.5, 0.6) is 0 Å². The number of hydroxylamine groups is 1. The fourth-order valence-corrected chi connectivity index (χ4v) is 3.38. The largest absolute Gasteiger partial charge is 0.480 e. The number of nitrogens with zero attached hydrogens (tertiary/aromatic N) is 2. The summed E-state index contributed by atoms with van der Waals surface area (Å²) >= 11 is 0. The Hall–Kier alpha value is -3.44. The highest BCUT2D eigenvalue weighted by Gasteiger charge is 2.47. The molecule has 0 spiro atoms. The Morgan fingerprint density at radius 3 is 2.61 bits per heavy atom. The van der Waals surface area contributed by atoms with Gasteiger partial charge in [0.25, 0.3) is 5.91 Å². The van der Waals surface area contributed by atoms with E-state index in [9.17, 15) is 19.2 Å². The van der Waals surface area contributed by atoms with E-state index < -0.39 is 42.0 Å². The van der Waals surface area contributed by atoms with Gasteiger partial charge in [0.1, 0.15) is 23.9 Å². The van der Waals surface area contributed by atoms with Crippen molar-refractivity contribution in [1.29, 1.82) is 0 Å². The number of rotatable bonds is 7. The summed E-state index contributed by atoms with van der Waals surface area (Å²) in [5.74, 6) is -2.13. The number of methoxy groups -OCH3 is 1. The first-order chi connectivity index (χ1) is 14.8. The lowest BCUT2D eigenvalue weighted by molar-refractivity contribution is -0.145. The lowest BCUT2D eigenvalue weighted by atomic mass is 10.1. The zero-order valence-electron chi connectivity index (χ0n) is 17.1. The van der Waals surface area contributed by atoms with Gasteiger partial charge < -0.3 is 15.2 Å². The summed E-state index contributed by atoms with van der Waals surface area (Å²) in [7, 11) is 1.22. The molecule has 0 aromatic heterocycles. The molecule has 2 heterocycles. The van der Waals surface area contributed by atoms with Crippen molar-refractivity contribution in [2.45, 2.75) is 38.1 Å². The maximum atomic E-state index is 13.0. The minimum absolute atomic E-state index is 0.119. The third-order valence-electron chi connectivity index (χ3n) is 5.00. The maximum absolute atomic E-state index is 13.0. The number of carboxylic acids is 1. The Morgan fingerprint density at radius 2 is 1.97 bits per heavy atom. The number of hydrogen-bond acceptors (Lipinski definition) is 7. The van der Waals surface area contributed by atoms with Crippen molar-refractivity contribution in [2.24, 2.45) is 0 Å². The second kappa shape index (κ2) is 9.58. The van der Waals surface area contributed by atoms with E-state index in [-0.39, 0.29) is 25.4 Å². The number of aliphatic carboxylic acids is 1. The Bertz CT molecular complexity index is 889. The third kappa shape index (κ3) is 4.84. The van der Waals surface area contributed by atoms with Gasteiger partial charge in [-0.15, -0.1) is 0 Å². The highest BCUT2D eigenvalue weighted by atomic mass is 16.6. The Balaban J connectivity index is 1.75. The van der Waals surface area contributed by atoms with Gasteiger partial charge in [-0.25, -0.2) is 4.79 Å². The van der Waals surface area contributed by atoms with E-state index in [1.54, 1.807) is 0 Å². The quantitative estimate of drug-likeness (QED) is 0.519. The summed E-state index contributed by atoms with van der Waals surface area (Å²) in [6, 6.07) is 6.29. The van der Waals surface area contributed by atoms with Gasteiger partial charge in [0.15, 0.2) is 0 Å². The predicted octanol–water partition coefficient (Wildman–Crippen LogP) is 0.190. The number of benzene rings is 1. The van der Waals surface area contributed by atoms with Crippen molar-refractivity contribution in [3.05, 3.63) is 47.8 Å². The average molecular weight is 432 g/mol. The lowest BCUT2D eigenvalue weighted by Gasteiger charge is -2.39. The van der Waals surface area contributed by atoms with Gasteiger partial charge in [-0.3, -0.25) is 29.0 Å². The van der Waals surface area contributed by atoms with Crippen LogP contribution >= 0.6 is 0 Å². The lowest BCUT2D eigenvalue weighted by Crippen LogP contribution is -2.58. The molecule has 2 aliphatic heterocycles. The average Bonchev–Trinajstić information content (AvgIpc) is 3.09. The van der Waals surface area contributed by atoms with Crippen LogP contribution in [0.1, 0.15) is 18.9 Å². The van der Waals surface area contributed by atoms with Gasteiger partial charge in [0.05, 0.1) is 13.7 Å². The molecule has 1 aromatic rings. The number of carboxylic acid groups (broad SMARTS) is 1. The molecule has 3 amide bonds. The van der Waals surface area contributed by atoms with E-state index in [1.165, 1.54) is 29.9 Å². The van der Waals surface area contributed by atoms with Crippen molar-refractivity contribution < 1.29 is 33.9 Å². The Labute approximate surface area is 178 Å². The van der Waals surface area contributed by atoms with Gasteiger partial charge >= 0.3 is 12.1 Å². The van der Waals surface area contributed by atoms with Crippen LogP contribution in [0.15, 0.2) is 42.2 Å². The molecule has 3 rings (SSSR count). The molecule has 0 bridgehead atoms. The minimum Gasteiger partial charge on any atom is -0.480 e. The molecule has 3 N–H and O–H groups in total. The number of hydrogen-bond donors (Lipinski definition) is 3. The molecule has 3 unspecified atom stereocenters. The van der Waals surface area contributed by atoms with Crippen LogP contribution in [0.25, 0.3) is 0 Å². The molecule has 0 aliphatic carbocycles. The van der Waals surface area contributed by atoms with Crippen LogP contribution < -0.4 is 10.8 Å². The molecule has 31 heavy (non-hydrogen) atoms. The monoisotopic (exact) mass is 432 g/mol. The summed E-state index contributed by atoms with van der Waals surface area (Å²) in [6.45, 7) is 1.65. The van der Waals surface area contributed by atoms with Gasteiger partial charge in [-0.05, 0) is 25.0 Å². The SMILES string of the molecule is COC(=O)N1CCC(C(=O)NC(C)C(=O)O)N2C(=O)C(NOCc3ccccc3)C=C12. The molecule has 11 heteroatoms. The Morgan fingerprint density at radius 1 is 1.26 bits per heavy atom. The van der Waals surface area contributed by atoms with Crippen LogP contribution in [-0.2, 0) is 30.6 Å². The molecule has 0 radical (unpaired) electrons. The van der Waals surface area contributed by atoms with Crippen molar-refractivity contribution in [1.82, 2.24) is 20.6 Å². The second-order valence-corrected chi connectivity index (χ2v) is 7.10. The normalized spacial score (nSPS) is 21.2. The van der Waals surface area contributed by atoms with Crippen molar-refractivity contribution in [2.75, 3.05) is 13.7 Å². The summed E-state index contributed by atoms with van der Waals surface area (Å²) in [5, 5.41) is 11.4. The number of amides is 3. The van der Waals surface area contributed by atoms with Crippen LogP contribution in [0.3, 0.4) is 0 Å². The fraction of sp³-hybridized carbons (Fsp3) is 0.400. The number of nitrogens with one attached hydrogen (secondary N) is 2. The first kappa shape index (κ1) is 22.2. The van der Waals surface area contributed by atoms with E-state index in [1.807, 2.05) is 30.3 Å². The van der Waals surface area contributed by atoms with Crippen LogP contribution in [-0.4, -0.2) is 70.6 Å². The molecular weight excluding hydrogens is 408 g/mol. The van der Waals surface area contributed by atoms with Crippen molar-refractivity contribution in [3.8, 4) is 0 Å². The Kier molecular flexibility index (Phi) is 6.88. The van der Waals surface area contributed by atoms with Crippen molar-refractivity contribution in [3.63, 3.8) is 0 Å². The number of carbonyl (C=O) groups excluding carboxylic acids is 3. The molecule has 1 fully saturated rings. The summed E-state index contributed by atoms with van der Waals surface area (Å²) in [4.78, 5) is 56.8. The van der Waals surface area contributed by atoms with E-state index >= 15 is 0 Å². The molecule has 1 aromatic carbocycles. The van der Waals surface area contributed by atoms with E-state index in [4.69, 9.17) is 14.7 Å². The highest BCUT2D eigenvalue weighted by molar-refractivity contribution is 5.96. The van der Waals surface area contributed by atoms with Crippen LogP contribution in [0.4, 0.5) is 4.79 Å². The predicted molar refractivity (Wildman–Crippen MR) is 106 cm³/mol. The minimum atomic E-state index is -1.20. The number of fused-ring (bicyclic) bond motifs is 1. The number of carbonyl (C=O) groups is 4. The van der Waals surface area contributed by atoms with E-state index in [0.717, 1.165) is 5.56 Å². The topological polar surface area (TPSA) is 138 Å². The molecule has 0 saturated carbocycles. The van der Waals surface area contributed by atoms with Crippen LogP contribution in [0, 0.1) is 0 Å². The number of ether oxygens (including phenoxy) is 1. The summed E-state index contributed by atoms with van der Waals surface area (Å²) in [5.41, 5.74) is 3.55. The first-order valence-corrected chi connectivity index (χ1v) is 9.68.